The molecule has 0 saturated heterocycles. The maximum atomic E-state index is 12.7. The summed E-state index contributed by atoms with van der Waals surface area (Å²) in [5.41, 5.74) is 0.797. The van der Waals surface area contributed by atoms with Gasteiger partial charge in [0.15, 0.2) is 0 Å². The summed E-state index contributed by atoms with van der Waals surface area (Å²) in [6, 6.07) is 7.07. The van der Waals surface area contributed by atoms with Crippen molar-refractivity contribution in [3.63, 3.8) is 0 Å². The van der Waals surface area contributed by atoms with Gasteiger partial charge in [0.2, 0.25) is 0 Å². The second-order valence-corrected chi connectivity index (χ2v) is 5.49. The summed E-state index contributed by atoms with van der Waals surface area (Å²) >= 11 is 5.81. The number of hydrazone groups is 1. The summed E-state index contributed by atoms with van der Waals surface area (Å²) in [6.07, 6.45) is -9.06. The minimum atomic E-state index is -4.55. The molecule has 0 aromatic heterocycles. The van der Waals surface area contributed by atoms with E-state index in [4.69, 9.17) is 11.6 Å². The molecule has 0 radical (unpaired) electrons. The number of nitrogens with zero attached hydrogens (tertiary/aromatic N) is 1. The molecule has 0 amide bonds. The van der Waals surface area contributed by atoms with Gasteiger partial charge in [0.25, 0.3) is 0 Å². The first kappa shape index (κ1) is 19.1. The maximum absolute atomic E-state index is 12.7. The van der Waals surface area contributed by atoms with Gasteiger partial charge >= 0.3 is 12.4 Å². The number of alkyl halides is 6. The van der Waals surface area contributed by atoms with Crippen LogP contribution in [0.2, 0.25) is 5.02 Å². The fourth-order valence-corrected chi connectivity index (χ4v) is 2.08. The monoisotopic (exact) mass is 380 g/mol. The largest absolute Gasteiger partial charge is 0.416 e. The Hall–Kier alpha value is -2.22. The van der Waals surface area contributed by atoms with Crippen molar-refractivity contribution in [2.45, 2.75) is 19.3 Å². The van der Waals surface area contributed by atoms with Crippen molar-refractivity contribution >= 4 is 23.0 Å². The Balaban J connectivity index is 2.28. The highest BCUT2D eigenvalue weighted by Crippen LogP contribution is 2.34. The third-order valence-corrected chi connectivity index (χ3v) is 3.58. The van der Waals surface area contributed by atoms with E-state index >= 15 is 0 Å². The molecule has 2 aromatic carbocycles. The van der Waals surface area contributed by atoms with Gasteiger partial charge in [-0.3, -0.25) is 5.43 Å². The summed E-state index contributed by atoms with van der Waals surface area (Å²) in [5, 5.41) is 3.81. The van der Waals surface area contributed by atoms with Gasteiger partial charge in [-0.2, -0.15) is 31.4 Å². The van der Waals surface area contributed by atoms with Gasteiger partial charge in [-0.25, -0.2) is 0 Å². The highest BCUT2D eigenvalue weighted by Gasteiger charge is 2.31. The number of hydrogen-bond donors (Lipinski definition) is 1. The zero-order valence-electron chi connectivity index (χ0n) is 12.6. The van der Waals surface area contributed by atoms with Crippen LogP contribution in [0.4, 0.5) is 32.0 Å². The topological polar surface area (TPSA) is 24.4 Å². The zero-order valence-corrected chi connectivity index (χ0v) is 13.4. The highest BCUT2D eigenvalue weighted by atomic mass is 35.5. The second-order valence-electron chi connectivity index (χ2n) is 5.08. The van der Waals surface area contributed by atoms with Crippen molar-refractivity contribution in [3.8, 4) is 0 Å². The SMILES string of the molecule is C/C(=N/Nc1cc(C(F)(F)F)ccc1Cl)c1cccc(C(F)(F)F)c1. The summed E-state index contributed by atoms with van der Waals surface area (Å²) in [6.45, 7) is 1.42. The van der Waals surface area contributed by atoms with E-state index in [9.17, 15) is 26.3 Å². The first-order chi connectivity index (χ1) is 11.5. The molecule has 0 spiro atoms. The van der Waals surface area contributed by atoms with E-state index in [0.29, 0.717) is 0 Å². The molecule has 0 heterocycles. The standard InChI is InChI=1S/C16H11ClF6N2/c1-9(10-3-2-4-11(7-10)15(18,19)20)24-25-14-8-12(16(21,22)23)5-6-13(14)17/h2-8,25H,1H3/b24-9-. The molecule has 1 N–H and O–H groups in total. The average molecular weight is 381 g/mol. The Bertz CT molecular complexity index is 796. The quantitative estimate of drug-likeness (QED) is 0.382. The molecular weight excluding hydrogens is 370 g/mol. The minimum absolute atomic E-state index is 0.00593. The molecular formula is C16H11ClF6N2. The molecule has 0 unspecified atom stereocenters. The number of rotatable bonds is 3. The smallest absolute Gasteiger partial charge is 0.277 e. The van der Waals surface area contributed by atoms with Crippen LogP contribution in [-0.4, -0.2) is 5.71 Å². The van der Waals surface area contributed by atoms with Crippen LogP contribution < -0.4 is 5.43 Å². The van der Waals surface area contributed by atoms with Crippen LogP contribution in [0, 0.1) is 0 Å². The number of anilines is 1. The van der Waals surface area contributed by atoms with Crippen LogP contribution in [-0.2, 0) is 12.4 Å². The number of hydrogen-bond acceptors (Lipinski definition) is 2. The Morgan fingerprint density at radius 3 is 2.12 bits per heavy atom. The number of nitrogens with one attached hydrogen (secondary N) is 1. The fourth-order valence-electron chi connectivity index (χ4n) is 1.92. The highest BCUT2D eigenvalue weighted by molar-refractivity contribution is 6.33. The maximum Gasteiger partial charge on any atom is 0.416 e. The van der Waals surface area contributed by atoms with Gasteiger partial charge < -0.3 is 0 Å². The van der Waals surface area contributed by atoms with Gasteiger partial charge in [0, 0.05) is 0 Å². The predicted molar refractivity (Wildman–Crippen MR) is 83.7 cm³/mol. The fraction of sp³-hybridized carbons (Fsp3) is 0.188. The molecule has 0 aliphatic heterocycles. The zero-order chi connectivity index (χ0) is 18.8. The van der Waals surface area contributed by atoms with Crippen LogP contribution >= 0.6 is 11.6 Å². The molecule has 25 heavy (non-hydrogen) atoms. The first-order valence-corrected chi connectivity index (χ1v) is 7.21. The number of halogens is 7. The van der Waals surface area contributed by atoms with Crippen LogP contribution in [0.5, 0.6) is 0 Å². The molecule has 9 heteroatoms. The van der Waals surface area contributed by atoms with Crippen molar-refractivity contribution in [3.05, 3.63) is 64.2 Å². The molecule has 134 valence electrons. The van der Waals surface area contributed by atoms with Gasteiger partial charge in [0.05, 0.1) is 27.5 Å². The molecule has 0 fully saturated rings. The van der Waals surface area contributed by atoms with E-state index in [1.807, 2.05) is 0 Å². The van der Waals surface area contributed by atoms with Gasteiger partial charge in [0.1, 0.15) is 0 Å². The number of benzene rings is 2. The third-order valence-electron chi connectivity index (χ3n) is 3.25. The summed E-state index contributed by atoms with van der Waals surface area (Å²) in [4.78, 5) is 0. The second kappa shape index (κ2) is 6.95. The average Bonchev–Trinajstić information content (AvgIpc) is 2.52. The summed E-state index contributed by atoms with van der Waals surface area (Å²) in [5.74, 6) is 0. The molecule has 2 rings (SSSR count). The predicted octanol–water partition coefficient (Wildman–Crippen LogP) is 6.21. The Morgan fingerprint density at radius 1 is 0.920 bits per heavy atom. The lowest BCUT2D eigenvalue weighted by Crippen LogP contribution is -2.08. The Labute approximate surface area is 144 Å². The Morgan fingerprint density at radius 2 is 1.52 bits per heavy atom. The van der Waals surface area contributed by atoms with Crippen molar-refractivity contribution < 1.29 is 26.3 Å². The van der Waals surface area contributed by atoms with Crippen LogP contribution in [0.3, 0.4) is 0 Å². The van der Waals surface area contributed by atoms with E-state index < -0.39 is 23.5 Å². The van der Waals surface area contributed by atoms with E-state index in [1.165, 1.54) is 19.1 Å². The van der Waals surface area contributed by atoms with E-state index in [0.717, 1.165) is 30.3 Å². The van der Waals surface area contributed by atoms with Gasteiger partial charge in [-0.05, 0) is 42.8 Å². The summed E-state index contributed by atoms with van der Waals surface area (Å²) < 4.78 is 76.3. The molecule has 0 bridgehead atoms. The third kappa shape index (κ3) is 4.88. The van der Waals surface area contributed by atoms with Crippen LogP contribution in [0.15, 0.2) is 47.6 Å². The van der Waals surface area contributed by atoms with E-state index in [-0.39, 0.29) is 22.0 Å². The lowest BCUT2D eigenvalue weighted by Gasteiger charge is -2.11. The van der Waals surface area contributed by atoms with Crippen molar-refractivity contribution in [1.29, 1.82) is 0 Å². The van der Waals surface area contributed by atoms with Crippen molar-refractivity contribution in [1.82, 2.24) is 0 Å². The van der Waals surface area contributed by atoms with Gasteiger partial charge in [-0.1, -0.05) is 23.7 Å². The molecule has 0 aliphatic carbocycles. The molecule has 0 atom stereocenters. The Kier molecular flexibility index (Phi) is 5.31. The minimum Gasteiger partial charge on any atom is -0.277 e. The van der Waals surface area contributed by atoms with Crippen LogP contribution in [0.1, 0.15) is 23.6 Å². The van der Waals surface area contributed by atoms with Gasteiger partial charge in [-0.15, -0.1) is 0 Å². The summed E-state index contributed by atoms with van der Waals surface area (Å²) in [7, 11) is 0. The lowest BCUT2D eigenvalue weighted by atomic mass is 10.1. The van der Waals surface area contributed by atoms with Crippen molar-refractivity contribution in [2.75, 3.05) is 5.43 Å². The van der Waals surface area contributed by atoms with Crippen molar-refractivity contribution in [2.24, 2.45) is 5.10 Å². The van der Waals surface area contributed by atoms with Crippen LogP contribution in [0.25, 0.3) is 0 Å². The normalized spacial score (nSPS) is 13.0. The molecule has 2 aromatic rings. The van der Waals surface area contributed by atoms with E-state index in [2.05, 4.69) is 10.5 Å². The molecule has 2 nitrogen and oxygen atoms in total. The first-order valence-electron chi connectivity index (χ1n) is 6.83. The van der Waals surface area contributed by atoms with E-state index in [1.54, 1.807) is 0 Å². The lowest BCUT2D eigenvalue weighted by molar-refractivity contribution is -0.138. The molecule has 0 aliphatic rings. The molecule has 0 saturated carbocycles.